The van der Waals surface area contributed by atoms with E-state index in [-0.39, 0.29) is 0 Å². The summed E-state index contributed by atoms with van der Waals surface area (Å²) in [6.07, 6.45) is 1.06. The zero-order valence-electron chi connectivity index (χ0n) is 8.48. The Kier molecular flexibility index (Phi) is 3.45. The van der Waals surface area contributed by atoms with E-state index in [1.54, 1.807) is 25.3 Å². The summed E-state index contributed by atoms with van der Waals surface area (Å²) in [4.78, 5) is 15.1. The summed E-state index contributed by atoms with van der Waals surface area (Å²) in [7, 11) is 1.33. The van der Waals surface area contributed by atoms with Crippen molar-refractivity contribution < 1.29 is 14.3 Å². The van der Waals surface area contributed by atoms with Gasteiger partial charge in [-0.15, -0.1) is 0 Å². The lowest BCUT2D eigenvalue weighted by Gasteiger charge is -2.13. The molecular weight excluding hydrogens is 182 g/mol. The highest BCUT2D eigenvalue weighted by molar-refractivity contribution is 5.74. The van der Waals surface area contributed by atoms with Crippen LogP contribution in [0.4, 0.5) is 0 Å². The van der Waals surface area contributed by atoms with E-state index >= 15 is 0 Å². The first kappa shape index (κ1) is 10.5. The largest absolute Gasteiger partial charge is 0.477 e. The van der Waals surface area contributed by atoms with Gasteiger partial charge in [0.1, 0.15) is 5.75 Å². The Morgan fingerprint density at radius 1 is 1.57 bits per heavy atom. The lowest BCUT2D eigenvalue weighted by Crippen LogP contribution is -2.25. The third-order valence-corrected chi connectivity index (χ3v) is 1.80. The van der Waals surface area contributed by atoms with E-state index in [0.29, 0.717) is 5.75 Å². The average Bonchev–Trinajstić information content (AvgIpc) is 2.20. The number of hydrogen-bond acceptors (Lipinski definition) is 4. The van der Waals surface area contributed by atoms with Gasteiger partial charge in [0, 0.05) is 6.20 Å². The lowest BCUT2D eigenvalue weighted by atomic mass is 10.3. The van der Waals surface area contributed by atoms with Crippen molar-refractivity contribution in [1.29, 1.82) is 0 Å². The number of esters is 1. The van der Waals surface area contributed by atoms with Crippen molar-refractivity contribution in [3.63, 3.8) is 0 Å². The summed E-state index contributed by atoms with van der Waals surface area (Å²) in [6, 6.07) is 3.52. The Hall–Kier alpha value is -1.58. The molecule has 4 heteroatoms. The second-order valence-corrected chi connectivity index (χ2v) is 2.87. The molecule has 0 bridgehead atoms. The highest BCUT2D eigenvalue weighted by atomic mass is 16.6. The van der Waals surface area contributed by atoms with E-state index in [9.17, 15) is 4.79 Å². The van der Waals surface area contributed by atoms with Gasteiger partial charge in [-0.3, -0.25) is 4.98 Å². The molecule has 4 nitrogen and oxygen atoms in total. The summed E-state index contributed by atoms with van der Waals surface area (Å²) in [5, 5.41) is 0. The Bertz CT molecular complexity index is 325. The summed E-state index contributed by atoms with van der Waals surface area (Å²) < 4.78 is 9.90. The Morgan fingerprint density at radius 3 is 2.86 bits per heavy atom. The molecule has 76 valence electrons. The van der Waals surface area contributed by atoms with Gasteiger partial charge in [0.2, 0.25) is 0 Å². The van der Waals surface area contributed by atoms with Gasteiger partial charge < -0.3 is 9.47 Å². The molecule has 1 atom stereocenters. The maximum atomic E-state index is 11.1. The number of rotatable bonds is 3. The second kappa shape index (κ2) is 4.60. The number of hydrogen-bond donors (Lipinski definition) is 0. The van der Waals surface area contributed by atoms with Gasteiger partial charge in [0.15, 0.2) is 6.10 Å². The van der Waals surface area contributed by atoms with Crippen LogP contribution in [0.5, 0.6) is 5.75 Å². The highest BCUT2D eigenvalue weighted by Crippen LogP contribution is 2.15. The van der Waals surface area contributed by atoms with Gasteiger partial charge in [-0.2, -0.15) is 0 Å². The molecule has 1 aromatic heterocycles. The zero-order valence-corrected chi connectivity index (χ0v) is 8.48. The van der Waals surface area contributed by atoms with E-state index in [4.69, 9.17) is 4.74 Å². The van der Waals surface area contributed by atoms with E-state index in [1.165, 1.54) is 7.11 Å². The molecule has 0 aliphatic heterocycles. The van der Waals surface area contributed by atoms with Crippen LogP contribution in [-0.2, 0) is 9.53 Å². The van der Waals surface area contributed by atoms with Crippen molar-refractivity contribution in [2.75, 3.05) is 7.11 Å². The van der Waals surface area contributed by atoms with Crippen molar-refractivity contribution in [2.45, 2.75) is 20.0 Å². The highest BCUT2D eigenvalue weighted by Gasteiger charge is 2.15. The molecule has 0 unspecified atom stereocenters. The third-order valence-electron chi connectivity index (χ3n) is 1.80. The summed E-state index contributed by atoms with van der Waals surface area (Å²) in [5.74, 6) is 0.207. The number of pyridine rings is 1. The van der Waals surface area contributed by atoms with Crippen LogP contribution in [0.15, 0.2) is 18.3 Å². The van der Waals surface area contributed by atoms with Gasteiger partial charge in [-0.05, 0) is 26.0 Å². The second-order valence-electron chi connectivity index (χ2n) is 2.87. The fourth-order valence-electron chi connectivity index (χ4n) is 0.999. The number of methoxy groups -OCH3 is 1. The molecule has 1 aromatic rings. The molecule has 1 rings (SSSR count). The molecule has 0 amide bonds. The predicted molar refractivity (Wildman–Crippen MR) is 51.1 cm³/mol. The number of ether oxygens (including phenoxy) is 2. The molecular formula is C10H13NO3. The number of carbonyl (C=O) groups excluding carboxylic acids is 1. The minimum atomic E-state index is -0.608. The lowest BCUT2D eigenvalue weighted by molar-refractivity contribution is -0.147. The van der Waals surface area contributed by atoms with E-state index in [1.807, 2.05) is 6.92 Å². The van der Waals surface area contributed by atoms with Crippen LogP contribution in [0.2, 0.25) is 0 Å². The van der Waals surface area contributed by atoms with Gasteiger partial charge in [0.25, 0.3) is 0 Å². The summed E-state index contributed by atoms with van der Waals surface area (Å²) in [6.45, 7) is 3.46. The van der Waals surface area contributed by atoms with Crippen LogP contribution in [0.3, 0.4) is 0 Å². The molecule has 0 saturated carbocycles. The van der Waals surface area contributed by atoms with Crippen molar-refractivity contribution >= 4 is 5.97 Å². The zero-order chi connectivity index (χ0) is 10.6. The maximum absolute atomic E-state index is 11.1. The van der Waals surface area contributed by atoms with Crippen molar-refractivity contribution in [2.24, 2.45) is 0 Å². The molecule has 1 heterocycles. The van der Waals surface area contributed by atoms with Crippen LogP contribution < -0.4 is 4.74 Å². The first-order valence-corrected chi connectivity index (χ1v) is 4.31. The maximum Gasteiger partial charge on any atom is 0.346 e. The normalized spacial score (nSPS) is 11.9. The fraction of sp³-hybridized carbons (Fsp3) is 0.400. The van der Waals surface area contributed by atoms with Crippen molar-refractivity contribution in [3.05, 3.63) is 24.0 Å². The average molecular weight is 195 g/mol. The van der Waals surface area contributed by atoms with Gasteiger partial charge in [-0.1, -0.05) is 0 Å². The molecule has 0 radical (unpaired) electrons. The van der Waals surface area contributed by atoms with Crippen LogP contribution in [0.25, 0.3) is 0 Å². The van der Waals surface area contributed by atoms with Crippen LogP contribution in [0, 0.1) is 6.92 Å². The van der Waals surface area contributed by atoms with Gasteiger partial charge in [0.05, 0.1) is 12.8 Å². The molecule has 0 aromatic carbocycles. The quantitative estimate of drug-likeness (QED) is 0.683. The summed E-state index contributed by atoms with van der Waals surface area (Å²) in [5.41, 5.74) is 0.753. The SMILES string of the molecule is COC(=O)[C@H](C)Oc1cccnc1C. The number of aromatic nitrogens is 1. The smallest absolute Gasteiger partial charge is 0.346 e. The summed E-state index contributed by atoms with van der Waals surface area (Å²) >= 11 is 0. The monoisotopic (exact) mass is 195 g/mol. The van der Waals surface area contributed by atoms with Crippen molar-refractivity contribution in [1.82, 2.24) is 4.98 Å². The standard InChI is InChI=1S/C10H13NO3/c1-7-9(5-4-6-11-7)14-8(2)10(12)13-3/h4-6,8H,1-3H3/t8-/m0/s1. The molecule has 0 N–H and O–H groups in total. The Balaban J connectivity index is 2.69. The fourth-order valence-corrected chi connectivity index (χ4v) is 0.999. The van der Waals surface area contributed by atoms with Crippen LogP contribution >= 0.6 is 0 Å². The van der Waals surface area contributed by atoms with E-state index < -0.39 is 12.1 Å². The van der Waals surface area contributed by atoms with Gasteiger partial charge in [-0.25, -0.2) is 4.79 Å². The number of carbonyl (C=O) groups is 1. The topological polar surface area (TPSA) is 48.4 Å². The molecule has 0 saturated heterocycles. The molecule has 14 heavy (non-hydrogen) atoms. The van der Waals surface area contributed by atoms with Crippen molar-refractivity contribution in [3.8, 4) is 5.75 Å². The first-order valence-electron chi connectivity index (χ1n) is 4.31. The van der Waals surface area contributed by atoms with E-state index in [0.717, 1.165) is 5.69 Å². The number of aryl methyl sites for hydroxylation is 1. The molecule has 0 aliphatic rings. The minimum absolute atomic E-state index is 0.395. The predicted octanol–water partition coefficient (Wildman–Crippen LogP) is 1.33. The first-order chi connectivity index (χ1) is 6.65. The minimum Gasteiger partial charge on any atom is -0.477 e. The number of nitrogens with zero attached hydrogens (tertiary/aromatic N) is 1. The Morgan fingerprint density at radius 2 is 2.29 bits per heavy atom. The molecule has 0 aliphatic carbocycles. The molecule has 0 spiro atoms. The van der Waals surface area contributed by atoms with Crippen LogP contribution in [-0.4, -0.2) is 24.2 Å². The third kappa shape index (κ3) is 2.45. The van der Waals surface area contributed by atoms with Gasteiger partial charge >= 0.3 is 5.97 Å². The van der Waals surface area contributed by atoms with Crippen LogP contribution in [0.1, 0.15) is 12.6 Å². The van der Waals surface area contributed by atoms with E-state index in [2.05, 4.69) is 9.72 Å². The Labute approximate surface area is 82.9 Å². The molecule has 0 fully saturated rings.